The van der Waals surface area contributed by atoms with Gasteiger partial charge < -0.3 is 4.98 Å². The van der Waals surface area contributed by atoms with Crippen molar-refractivity contribution in [2.24, 2.45) is 5.92 Å². The first-order chi connectivity index (χ1) is 8.29. The molecular weight excluding hydrogens is 339 g/mol. The molecule has 2 atom stereocenters. The van der Waals surface area contributed by atoms with Crippen LogP contribution in [-0.4, -0.2) is 9.97 Å². The van der Waals surface area contributed by atoms with Crippen molar-refractivity contribution in [2.75, 3.05) is 0 Å². The SMILES string of the molecule is CC1CCC(c2nc(C(C)(C)C)c(I)c(=O)[nH]2)C1. The van der Waals surface area contributed by atoms with Gasteiger partial charge in [-0.25, -0.2) is 4.98 Å². The molecule has 1 heterocycles. The maximum Gasteiger partial charge on any atom is 0.264 e. The van der Waals surface area contributed by atoms with Crippen molar-refractivity contribution in [3.05, 3.63) is 25.4 Å². The van der Waals surface area contributed by atoms with Crippen LogP contribution in [0.1, 0.15) is 64.4 Å². The van der Waals surface area contributed by atoms with Gasteiger partial charge >= 0.3 is 0 Å². The lowest BCUT2D eigenvalue weighted by molar-refractivity contribution is 0.539. The van der Waals surface area contributed by atoms with Gasteiger partial charge in [0.25, 0.3) is 5.56 Å². The summed E-state index contributed by atoms with van der Waals surface area (Å²) in [6, 6.07) is 0. The molecule has 0 aromatic carbocycles. The maximum atomic E-state index is 12.0. The molecule has 18 heavy (non-hydrogen) atoms. The first-order valence-corrected chi connectivity index (χ1v) is 7.67. The monoisotopic (exact) mass is 360 g/mol. The van der Waals surface area contributed by atoms with Crippen molar-refractivity contribution in [2.45, 2.75) is 58.3 Å². The van der Waals surface area contributed by atoms with E-state index in [0.29, 0.717) is 5.92 Å². The molecule has 0 amide bonds. The van der Waals surface area contributed by atoms with Gasteiger partial charge in [-0.3, -0.25) is 4.79 Å². The lowest BCUT2D eigenvalue weighted by atomic mass is 9.91. The number of nitrogens with zero attached hydrogens (tertiary/aromatic N) is 1. The number of rotatable bonds is 1. The van der Waals surface area contributed by atoms with E-state index < -0.39 is 0 Å². The van der Waals surface area contributed by atoms with Gasteiger partial charge in [0.2, 0.25) is 0 Å². The van der Waals surface area contributed by atoms with Crippen LogP contribution < -0.4 is 5.56 Å². The van der Waals surface area contributed by atoms with E-state index in [1.807, 2.05) is 0 Å². The summed E-state index contributed by atoms with van der Waals surface area (Å²) in [5.74, 6) is 2.08. The molecule has 0 aliphatic heterocycles. The largest absolute Gasteiger partial charge is 0.309 e. The quantitative estimate of drug-likeness (QED) is 0.779. The standard InChI is InChI=1S/C14H21IN2O/c1-8-5-6-9(7-8)12-16-11(14(2,3)4)10(15)13(18)17-12/h8-9H,5-7H2,1-4H3,(H,16,17,18). The van der Waals surface area contributed by atoms with Crippen molar-refractivity contribution in [3.63, 3.8) is 0 Å². The molecule has 1 fully saturated rings. The summed E-state index contributed by atoms with van der Waals surface area (Å²) < 4.78 is 0.731. The molecule has 0 spiro atoms. The zero-order chi connectivity index (χ0) is 13.5. The molecule has 4 heteroatoms. The molecule has 3 nitrogen and oxygen atoms in total. The topological polar surface area (TPSA) is 45.8 Å². The van der Waals surface area contributed by atoms with E-state index in [0.717, 1.165) is 33.8 Å². The molecule has 0 saturated heterocycles. The Morgan fingerprint density at radius 2 is 2.00 bits per heavy atom. The van der Waals surface area contributed by atoms with Crippen molar-refractivity contribution in [1.29, 1.82) is 0 Å². The molecule has 1 aromatic heterocycles. The van der Waals surface area contributed by atoms with Crippen molar-refractivity contribution in [1.82, 2.24) is 9.97 Å². The number of hydrogen-bond acceptors (Lipinski definition) is 2. The number of halogens is 1. The zero-order valence-electron chi connectivity index (χ0n) is 11.5. The molecule has 0 radical (unpaired) electrons. The summed E-state index contributed by atoms with van der Waals surface area (Å²) in [5, 5.41) is 0. The van der Waals surface area contributed by atoms with Crippen molar-refractivity contribution in [3.8, 4) is 0 Å². The van der Waals surface area contributed by atoms with Crippen LogP contribution in [0.4, 0.5) is 0 Å². The van der Waals surface area contributed by atoms with Gasteiger partial charge in [-0.1, -0.05) is 27.7 Å². The Morgan fingerprint density at radius 1 is 1.33 bits per heavy atom. The molecule has 1 aliphatic carbocycles. The average molecular weight is 360 g/mol. The van der Waals surface area contributed by atoms with E-state index in [9.17, 15) is 4.79 Å². The first kappa shape index (κ1) is 14.0. The predicted octanol–water partition coefficient (Wildman–Crippen LogP) is 3.58. The first-order valence-electron chi connectivity index (χ1n) is 6.59. The molecule has 1 aliphatic rings. The van der Waals surface area contributed by atoms with Crippen molar-refractivity contribution < 1.29 is 0 Å². The van der Waals surface area contributed by atoms with E-state index >= 15 is 0 Å². The van der Waals surface area contributed by atoms with Crippen LogP contribution in [0.5, 0.6) is 0 Å². The highest BCUT2D eigenvalue weighted by Crippen LogP contribution is 2.36. The number of aromatic nitrogens is 2. The fourth-order valence-electron chi connectivity index (χ4n) is 2.62. The second-order valence-corrected chi connectivity index (χ2v) is 7.56. The van der Waals surface area contributed by atoms with Gasteiger partial charge in [-0.05, 0) is 47.8 Å². The summed E-state index contributed by atoms with van der Waals surface area (Å²) in [7, 11) is 0. The summed E-state index contributed by atoms with van der Waals surface area (Å²) in [6.07, 6.45) is 3.53. The molecular formula is C14H21IN2O. The van der Waals surface area contributed by atoms with Crippen LogP contribution in [0.2, 0.25) is 0 Å². The number of aromatic amines is 1. The highest BCUT2D eigenvalue weighted by Gasteiger charge is 2.28. The normalized spacial score (nSPS) is 24.5. The van der Waals surface area contributed by atoms with E-state index in [-0.39, 0.29) is 11.0 Å². The lowest BCUT2D eigenvalue weighted by Gasteiger charge is -2.21. The molecule has 1 N–H and O–H groups in total. The molecule has 2 unspecified atom stereocenters. The second-order valence-electron chi connectivity index (χ2n) is 6.48. The van der Waals surface area contributed by atoms with E-state index in [1.54, 1.807) is 0 Å². The molecule has 0 bridgehead atoms. The smallest absolute Gasteiger partial charge is 0.264 e. The van der Waals surface area contributed by atoms with E-state index in [1.165, 1.54) is 6.42 Å². The fourth-order valence-corrected chi connectivity index (χ4v) is 3.69. The Labute approximate surface area is 122 Å². The van der Waals surface area contributed by atoms with E-state index in [4.69, 9.17) is 4.98 Å². The number of H-pyrrole nitrogens is 1. The Kier molecular flexibility index (Phi) is 3.85. The third kappa shape index (κ3) is 2.78. The van der Waals surface area contributed by atoms with Crippen LogP contribution in [0.15, 0.2) is 4.79 Å². The summed E-state index contributed by atoms with van der Waals surface area (Å²) in [6.45, 7) is 8.60. The van der Waals surface area contributed by atoms with Gasteiger partial charge in [0, 0.05) is 11.3 Å². The number of hydrogen-bond donors (Lipinski definition) is 1. The summed E-state index contributed by atoms with van der Waals surface area (Å²) >= 11 is 2.11. The third-order valence-corrected chi connectivity index (χ3v) is 4.67. The van der Waals surface area contributed by atoms with Gasteiger partial charge in [0.05, 0.1) is 5.69 Å². The molecule has 100 valence electrons. The van der Waals surface area contributed by atoms with Gasteiger partial charge in [-0.15, -0.1) is 0 Å². The molecule has 1 aromatic rings. The predicted molar refractivity (Wildman–Crippen MR) is 82.0 cm³/mol. The Morgan fingerprint density at radius 3 is 2.50 bits per heavy atom. The highest BCUT2D eigenvalue weighted by molar-refractivity contribution is 14.1. The Hall–Kier alpha value is -0.390. The Balaban J connectivity index is 2.45. The summed E-state index contributed by atoms with van der Waals surface area (Å²) in [5.41, 5.74) is 0.871. The maximum absolute atomic E-state index is 12.0. The van der Waals surface area contributed by atoms with Crippen LogP contribution in [0.25, 0.3) is 0 Å². The fraction of sp³-hybridized carbons (Fsp3) is 0.714. The Bertz CT molecular complexity index is 501. The van der Waals surface area contributed by atoms with Crippen LogP contribution in [-0.2, 0) is 5.41 Å². The van der Waals surface area contributed by atoms with Crippen LogP contribution >= 0.6 is 22.6 Å². The van der Waals surface area contributed by atoms with Gasteiger partial charge in [-0.2, -0.15) is 0 Å². The highest BCUT2D eigenvalue weighted by atomic mass is 127. The van der Waals surface area contributed by atoms with Crippen LogP contribution in [0, 0.1) is 9.49 Å². The average Bonchev–Trinajstić information content (AvgIpc) is 2.67. The van der Waals surface area contributed by atoms with Gasteiger partial charge in [0.1, 0.15) is 9.39 Å². The number of nitrogens with one attached hydrogen (secondary N) is 1. The van der Waals surface area contributed by atoms with Crippen molar-refractivity contribution >= 4 is 22.6 Å². The minimum absolute atomic E-state index is 0.0186. The lowest BCUT2D eigenvalue weighted by Crippen LogP contribution is -2.26. The van der Waals surface area contributed by atoms with E-state index in [2.05, 4.69) is 55.3 Å². The third-order valence-electron chi connectivity index (χ3n) is 3.67. The van der Waals surface area contributed by atoms with Crippen LogP contribution in [0.3, 0.4) is 0 Å². The molecule has 2 rings (SSSR count). The summed E-state index contributed by atoms with van der Waals surface area (Å²) in [4.78, 5) is 19.8. The molecule has 1 saturated carbocycles. The minimum atomic E-state index is -0.0796. The van der Waals surface area contributed by atoms with Gasteiger partial charge in [0.15, 0.2) is 0 Å². The zero-order valence-corrected chi connectivity index (χ0v) is 13.7. The minimum Gasteiger partial charge on any atom is -0.309 e. The second kappa shape index (κ2) is 4.94.